The lowest BCUT2D eigenvalue weighted by Crippen LogP contribution is -2.35. The van der Waals surface area contributed by atoms with E-state index < -0.39 is 0 Å². The Morgan fingerprint density at radius 1 is 1.35 bits per heavy atom. The minimum absolute atomic E-state index is 0. The van der Waals surface area contributed by atoms with Crippen LogP contribution in [-0.4, -0.2) is 35.3 Å². The van der Waals surface area contributed by atoms with Gasteiger partial charge in [0.1, 0.15) is 0 Å². The number of nitrogens with one attached hydrogen (secondary N) is 2. The molecule has 5 nitrogen and oxygen atoms in total. The predicted molar refractivity (Wildman–Crippen MR) is 93.8 cm³/mol. The summed E-state index contributed by atoms with van der Waals surface area (Å²) < 4.78 is 1.81. The first kappa shape index (κ1) is 18.3. The fourth-order valence-electron chi connectivity index (χ4n) is 3.94. The van der Waals surface area contributed by atoms with Crippen molar-refractivity contribution in [1.82, 2.24) is 20.4 Å². The number of hydrogen-bond donors (Lipinski definition) is 2. The average Bonchev–Trinajstić information content (AvgIpc) is 3.16. The summed E-state index contributed by atoms with van der Waals surface area (Å²) in [5.41, 5.74) is 1.17. The van der Waals surface area contributed by atoms with Crippen LogP contribution in [0.4, 0.5) is 0 Å². The van der Waals surface area contributed by atoms with Crippen LogP contribution in [-0.2, 0) is 11.8 Å². The van der Waals surface area contributed by atoms with Crippen LogP contribution in [0, 0.1) is 11.8 Å². The summed E-state index contributed by atoms with van der Waals surface area (Å²) in [6.07, 6.45) is 11.9. The van der Waals surface area contributed by atoms with Crippen molar-refractivity contribution in [3.63, 3.8) is 0 Å². The molecule has 1 aliphatic carbocycles. The molecule has 0 aromatic carbocycles. The third-order valence-corrected chi connectivity index (χ3v) is 5.28. The summed E-state index contributed by atoms with van der Waals surface area (Å²) in [6.45, 7) is 2.47. The number of nitrogens with zero attached hydrogens (tertiary/aromatic N) is 2. The van der Waals surface area contributed by atoms with Gasteiger partial charge in [-0.1, -0.05) is 32.1 Å². The summed E-state index contributed by atoms with van der Waals surface area (Å²) >= 11 is 0. The van der Waals surface area contributed by atoms with Crippen LogP contribution in [0.5, 0.6) is 0 Å². The zero-order valence-corrected chi connectivity index (χ0v) is 14.8. The van der Waals surface area contributed by atoms with Gasteiger partial charge in [-0.25, -0.2) is 0 Å². The van der Waals surface area contributed by atoms with Crippen molar-refractivity contribution >= 4 is 18.3 Å². The third-order valence-electron chi connectivity index (χ3n) is 5.28. The fraction of sp³-hybridized carbons (Fsp3) is 0.765. The highest BCUT2D eigenvalue weighted by Gasteiger charge is 2.34. The van der Waals surface area contributed by atoms with E-state index >= 15 is 0 Å². The second kappa shape index (κ2) is 8.69. The Labute approximate surface area is 145 Å². The first-order valence-corrected chi connectivity index (χ1v) is 8.71. The SMILES string of the molecule is Cl.Cn1cc([C@H]2CNC[C@@H]2C(=O)NCCC2CCCCC2)cn1. The zero-order valence-electron chi connectivity index (χ0n) is 14.0. The molecule has 1 aromatic rings. The molecule has 3 rings (SSSR count). The van der Waals surface area contributed by atoms with Crippen molar-refractivity contribution in [2.75, 3.05) is 19.6 Å². The Morgan fingerprint density at radius 2 is 2.13 bits per heavy atom. The summed E-state index contributed by atoms with van der Waals surface area (Å²) in [7, 11) is 1.92. The highest BCUT2D eigenvalue weighted by Crippen LogP contribution is 2.28. The zero-order chi connectivity index (χ0) is 15.4. The lowest BCUT2D eigenvalue weighted by atomic mass is 9.87. The van der Waals surface area contributed by atoms with Crippen LogP contribution in [0.25, 0.3) is 0 Å². The van der Waals surface area contributed by atoms with Crippen LogP contribution in [0.2, 0.25) is 0 Å². The number of aryl methyl sites for hydroxylation is 1. The summed E-state index contributed by atoms with van der Waals surface area (Å²) in [6, 6.07) is 0. The molecule has 2 heterocycles. The van der Waals surface area contributed by atoms with E-state index in [9.17, 15) is 4.79 Å². The molecule has 2 atom stereocenters. The second-order valence-electron chi connectivity index (χ2n) is 6.90. The molecule has 23 heavy (non-hydrogen) atoms. The Morgan fingerprint density at radius 3 is 2.83 bits per heavy atom. The molecule has 1 saturated heterocycles. The second-order valence-corrected chi connectivity index (χ2v) is 6.90. The van der Waals surface area contributed by atoms with E-state index in [0.717, 1.165) is 32.0 Å². The maximum absolute atomic E-state index is 12.5. The molecular formula is C17H29ClN4O. The van der Waals surface area contributed by atoms with Gasteiger partial charge < -0.3 is 10.6 Å². The average molecular weight is 341 g/mol. The topological polar surface area (TPSA) is 59.0 Å². The van der Waals surface area contributed by atoms with Crippen molar-refractivity contribution in [3.05, 3.63) is 18.0 Å². The molecule has 0 unspecified atom stereocenters. The molecule has 0 radical (unpaired) electrons. The first-order chi connectivity index (χ1) is 10.7. The van der Waals surface area contributed by atoms with Gasteiger partial charge in [0.15, 0.2) is 0 Å². The molecule has 130 valence electrons. The molecule has 1 aromatic heterocycles. The van der Waals surface area contributed by atoms with Crippen LogP contribution < -0.4 is 10.6 Å². The number of carbonyl (C=O) groups excluding carboxylic acids is 1. The Kier molecular flexibility index (Phi) is 6.90. The van der Waals surface area contributed by atoms with Gasteiger partial charge in [-0.15, -0.1) is 12.4 Å². The van der Waals surface area contributed by atoms with Gasteiger partial charge in [0.25, 0.3) is 0 Å². The number of carbonyl (C=O) groups is 1. The molecule has 2 aliphatic rings. The smallest absolute Gasteiger partial charge is 0.225 e. The van der Waals surface area contributed by atoms with Crippen LogP contribution >= 0.6 is 12.4 Å². The first-order valence-electron chi connectivity index (χ1n) is 8.71. The van der Waals surface area contributed by atoms with Crippen molar-refractivity contribution in [2.24, 2.45) is 18.9 Å². The minimum atomic E-state index is 0. The molecular weight excluding hydrogens is 312 g/mol. The number of rotatable bonds is 5. The van der Waals surface area contributed by atoms with Crippen molar-refractivity contribution < 1.29 is 4.79 Å². The van der Waals surface area contributed by atoms with E-state index in [1.54, 1.807) is 0 Å². The molecule has 6 heteroatoms. The van der Waals surface area contributed by atoms with E-state index in [-0.39, 0.29) is 30.2 Å². The highest BCUT2D eigenvalue weighted by molar-refractivity contribution is 5.85. The number of aromatic nitrogens is 2. The van der Waals surface area contributed by atoms with E-state index in [1.165, 1.54) is 37.7 Å². The number of halogens is 1. The van der Waals surface area contributed by atoms with E-state index in [2.05, 4.69) is 15.7 Å². The quantitative estimate of drug-likeness (QED) is 0.864. The maximum atomic E-state index is 12.5. The lowest BCUT2D eigenvalue weighted by Gasteiger charge is -2.22. The molecule has 1 amide bonds. The van der Waals surface area contributed by atoms with E-state index in [4.69, 9.17) is 0 Å². The normalized spacial score (nSPS) is 25.1. The lowest BCUT2D eigenvalue weighted by molar-refractivity contribution is -0.124. The van der Waals surface area contributed by atoms with Gasteiger partial charge in [0, 0.05) is 38.8 Å². The van der Waals surface area contributed by atoms with Crippen LogP contribution in [0.15, 0.2) is 12.4 Å². The standard InChI is InChI=1S/C17H28N4O.ClH/c1-21-12-14(9-20-21)15-10-18-11-16(15)17(22)19-8-7-13-5-3-2-4-6-13;/h9,12-13,15-16,18H,2-8,10-11H2,1H3,(H,19,22);1H/t15-,16+;/m1./s1. The van der Waals surface area contributed by atoms with Crippen molar-refractivity contribution in [2.45, 2.75) is 44.4 Å². The summed E-state index contributed by atoms with van der Waals surface area (Å²) in [4.78, 5) is 12.5. The molecule has 1 aliphatic heterocycles. The van der Waals surface area contributed by atoms with Crippen LogP contribution in [0.3, 0.4) is 0 Å². The fourth-order valence-corrected chi connectivity index (χ4v) is 3.94. The number of hydrogen-bond acceptors (Lipinski definition) is 3. The largest absolute Gasteiger partial charge is 0.356 e. The summed E-state index contributed by atoms with van der Waals surface area (Å²) in [5.74, 6) is 1.32. The molecule has 0 spiro atoms. The highest BCUT2D eigenvalue weighted by atomic mass is 35.5. The third kappa shape index (κ3) is 4.70. The van der Waals surface area contributed by atoms with Gasteiger partial charge in [-0.2, -0.15) is 5.10 Å². The van der Waals surface area contributed by atoms with Gasteiger partial charge in [-0.3, -0.25) is 9.48 Å². The van der Waals surface area contributed by atoms with Crippen LogP contribution in [0.1, 0.15) is 50.0 Å². The minimum Gasteiger partial charge on any atom is -0.356 e. The Bertz CT molecular complexity index is 499. The molecule has 0 bridgehead atoms. The predicted octanol–water partition coefficient (Wildman–Crippen LogP) is 2.23. The van der Waals surface area contributed by atoms with Crippen molar-refractivity contribution in [1.29, 1.82) is 0 Å². The van der Waals surface area contributed by atoms with Gasteiger partial charge in [-0.05, 0) is 17.9 Å². The van der Waals surface area contributed by atoms with Gasteiger partial charge >= 0.3 is 0 Å². The van der Waals surface area contributed by atoms with E-state index in [0.29, 0.717) is 0 Å². The van der Waals surface area contributed by atoms with Gasteiger partial charge in [0.05, 0.1) is 12.1 Å². The Hall–Kier alpha value is -1.07. The Balaban J connectivity index is 0.00000192. The number of amides is 1. The monoisotopic (exact) mass is 340 g/mol. The summed E-state index contributed by atoms with van der Waals surface area (Å²) in [5, 5.41) is 10.8. The van der Waals surface area contributed by atoms with Gasteiger partial charge in [0.2, 0.25) is 5.91 Å². The van der Waals surface area contributed by atoms with E-state index in [1.807, 2.05) is 24.1 Å². The molecule has 1 saturated carbocycles. The maximum Gasteiger partial charge on any atom is 0.225 e. The molecule has 2 fully saturated rings. The van der Waals surface area contributed by atoms with Crippen molar-refractivity contribution in [3.8, 4) is 0 Å². The molecule has 2 N–H and O–H groups in total.